The maximum absolute atomic E-state index is 12.3. The summed E-state index contributed by atoms with van der Waals surface area (Å²) < 4.78 is 7.25. The van der Waals surface area contributed by atoms with Gasteiger partial charge in [0.15, 0.2) is 17.6 Å². The number of amides is 1. The van der Waals surface area contributed by atoms with Crippen LogP contribution in [0, 0.1) is 10.1 Å². The normalized spacial score (nSPS) is 10.7. The summed E-state index contributed by atoms with van der Waals surface area (Å²) in [6.45, 7) is -0.0817. The highest BCUT2D eigenvalue weighted by atomic mass is 35.5. The Morgan fingerprint density at radius 3 is 2.43 bits per heavy atom. The summed E-state index contributed by atoms with van der Waals surface area (Å²) in [5.41, 5.74) is 1.75. The summed E-state index contributed by atoms with van der Waals surface area (Å²) in [6.07, 6.45) is 0. The van der Waals surface area contributed by atoms with Crippen molar-refractivity contribution in [3.63, 3.8) is 0 Å². The fraction of sp³-hybridized carbons (Fsp3) is 0.125. The molecule has 1 amide bonds. The van der Waals surface area contributed by atoms with E-state index < -0.39 is 4.92 Å². The molecule has 0 spiro atoms. The molecule has 1 heterocycles. The number of carbonyl (C=O) groups is 1. The van der Waals surface area contributed by atoms with Gasteiger partial charge < -0.3 is 10.1 Å². The number of nitro groups is 1. The van der Waals surface area contributed by atoms with Crippen LogP contribution in [-0.4, -0.2) is 32.2 Å². The number of nitrogens with zero attached hydrogens (tertiary/aromatic N) is 4. The van der Waals surface area contributed by atoms with Gasteiger partial charge in [0.1, 0.15) is 5.75 Å². The third-order valence-corrected chi connectivity index (χ3v) is 6.11. The second kappa shape index (κ2) is 11.5. The number of rotatable bonds is 10. The largest absolute Gasteiger partial charge is 0.484 e. The first kappa shape index (κ1) is 24.2. The second-order valence-corrected chi connectivity index (χ2v) is 8.68. The van der Waals surface area contributed by atoms with E-state index in [4.69, 9.17) is 16.3 Å². The number of thioether (sulfide) groups is 1. The van der Waals surface area contributed by atoms with Crippen LogP contribution in [0.1, 0.15) is 11.4 Å². The van der Waals surface area contributed by atoms with Gasteiger partial charge in [0, 0.05) is 28.6 Å². The highest BCUT2D eigenvalue weighted by molar-refractivity contribution is 7.98. The van der Waals surface area contributed by atoms with E-state index in [1.54, 1.807) is 41.0 Å². The Bertz CT molecular complexity index is 1300. The monoisotopic (exact) mass is 509 g/mol. The second-order valence-electron chi connectivity index (χ2n) is 7.30. The van der Waals surface area contributed by atoms with Gasteiger partial charge in [-0.2, -0.15) is 0 Å². The Balaban J connectivity index is 1.48. The molecule has 178 valence electrons. The van der Waals surface area contributed by atoms with Crippen molar-refractivity contribution in [2.45, 2.75) is 17.5 Å². The lowest BCUT2D eigenvalue weighted by atomic mass is 10.2. The maximum Gasteiger partial charge on any atom is 0.269 e. The Kier molecular flexibility index (Phi) is 7.96. The lowest BCUT2D eigenvalue weighted by Crippen LogP contribution is -2.29. The standard InChI is InChI=1S/C24H20ClN5O4S/c25-18-6-12-21(13-7-18)34-15-23(31)26-14-22-27-28-24(35-16-17-4-2-1-3-5-17)29(22)19-8-10-20(11-9-19)30(32)33/h1-13H,14-16H2,(H,26,31). The van der Waals surface area contributed by atoms with Crippen molar-refractivity contribution in [3.8, 4) is 11.4 Å². The molecular formula is C24H20ClN5O4S. The molecule has 11 heteroatoms. The number of hydrogen-bond donors (Lipinski definition) is 1. The van der Waals surface area contributed by atoms with E-state index in [1.165, 1.54) is 23.9 Å². The van der Waals surface area contributed by atoms with Crippen LogP contribution >= 0.6 is 23.4 Å². The van der Waals surface area contributed by atoms with Crippen molar-refractivity contribution < 1.29 is 14.5 Å². The number of nitrogens with one attached hydrogen (secondary N) is 1. The lowest BCUT2D eigenvalue weighted by molar-refractivity contribution is -0.384. The van der Waals surface area contributed by atoms with Crippen molar-refractivity contribution in [3.05, 3.63) is 105 Å². The van der Waals surface area contributed by atoms with Crippen LogP contribution in [0.3, 0.4) is 0 Å². The van der Waals surface area contributed by atoms with E-state index in [2.05, 4.69) is 15.5 Å². The van der Waals surface area contributed by atoms with Crippen LogP contribution in [0.5, 0.6) is 5.75 Å². The number of hydrogen-bond acceptors (Lipinski definition) is 7. The van der Waals surface area contributed by atoms with E-state index in [1.807, 2.05) is 30.3 Å². The van der Waals surface area contributed by atoms with Crippen molar-refractivity contribution in [1.82, 2.24) is 20.1 Å². The van der Waals surface area contributed by atoms with E-state index in [-0.39, 0.29) is 24.7 Å². The Hall–Kier alpha value is -3.89. The molecule has 9 nitrogen and oxygen atoms in total. The minimum Gasteiger partial charge on any atom is -0.484 e. The molecule has 1 aromatic heterocycles. The van der Waals surface area contributed by atoms with Crippen LogP contribution in [0.25, 0.3) is 5.69 Å². The smallest absolute Gasteiger partial charge is 0.269 e. The van der Waals surface area contributed by atoms with Crippen molar-refractivity contribution in [2.24, 2.45) is 0 Å². The summed E-state index contributed by atoms with van der Waals surface area (Å²) in [6, 6.07) is 22.7. The number of ether oxygens (including phenoxy) is 1. The molecule has 35 heavy (non-hydrogen) atoms. The Labute approximate surface area is 210 Å². The van der Waals surface area contributed by atoms with Crippen LogP contribution in [-0.2, 0) is 17.1 Å². The molecule has 0 saturated carbocycles. The number of non-ortho nitro benzene ring substituents is 1. The quantitative estimate of drug-likeness (QED) is 0.185. The number of carbonyl (C=O) groups excluding carboxylic acids is 1. The molecule has 0 aliphatic heterocycles. The zero-order valence-corrected chi connectivity index (χ0v) is 19.9. The van der Waals surface area contributed by atoms with Gasteiger partial charge in [0.2, 0.25) is 0 Å². The first-order chi connectivity index (χ1) is 17.0. The predicted octanol–water partition coefficient (Wildman–Crippen LogP) is 4.82. The summed E-state index contributed by atoms with van der Waals surface area (Å²) in [4.78, 5) is 22.9. The Morgan fingerprint density at radius 1 is 1.03 bits per heavy atom. The fourth-order valence-electron chi connectivity index (χ4n) is 3.12. The zero-order valence-electron chi connectivity index (χ0n) is 18.3. The number of benzene rings is 3. The fourth-order valence-corrected chi connectivity index (χ4v) is 4.17. The molecule has 0 fully saturated rings. The van der Waals surface area contributed by atoms with Gasteiger partial charge in [-0.05, 0) is 42.0 Å². The highest BCUT2D eigenvalue weighted by Gasteiger charge is 2.17. The van der Waals surface area contributed by atoms with Crippen LogP contribution in [0.4, 0.5) is 5.69 Å². The van der Waals surface area contributed by atoms with Gasteiger partial charge >= 0.3 is 0 Å². The predicted molar refractivity (Wildman–Crippen MR) is 133 cm³/mol. The molecule has 3 aromatic carbocycles. The molecule has 0 aliphatic rings. The molecule has 0 atom stereocenters. The van der Waals surface area contributed by atoms with Gasteiger partial charge in [-0.1, -0.05) is 53.7 Å². The SMILES string of the molecule is O=C(COc1ccc(Cl)cc1)NCc1nnc(SCc2ccccc2)n1-c1ccc([N+](=O)[O-])cc1. The number of aromatic nitrogens is 3. The third kappa shape index (κ3) is 6.58. The van der Waals surface area contributed by atoms with Crippen molar-refractivity contribution >= 4 is 35.0 Å². The molecule has 0 bridgehead atoms. The Morgan fingerprint density at radius 2 is 1.74 bits per heavy atom. The minimum absolute atomic E-state index is 0.0190. The topological polar surface area (TPSA) is 112 Å². The van der Waals surface area contributed by atoms with Gasteiger partial charge in [0.25, 0.3) is 11.6 Å². The summed E-state index contributed by atoms with van der Waals surface area (Å²) in [7, 11) is 0. The third-order valence-electron chi connectivity index (χ3n) is 4.86. The lowest BCUT2D eigenvalue weighted by Gasteiger charge is -2.11. The first-order valence-electron chi connectivity index (χ1n) is 10.5. The van der Waals surface area contributed by atoms with E-state index >= 15 is 0 Å². The summed E-state index contributed by atoms with van der Waals surface area (Å²) in [5.74, 6) is 1.33. The van der Waals surface area contributed by atoms with Gasteiger partial charge in [0.05, 0.1) is 11.5 Å². The molecule has 4 aromatic rings. The number of nitro benzene ring substituents is 1. The van der Waals surface area contributed by atoms with E-state index in [0.717, 1.165) is 5.56 Å². The molecule has 0 saturated heterocycles. The molecule has 0 unspecified atom stereocenters. The molecule has 1 N–H and O–H groups in total. The molecular weight excluding hydrogens is 490 g/mol. The van der Waals surface area contributed by atoms with Crippen LogP contribution in [0.2, 0.25) is 5.02 Å². The van der Waals surface area contributed by atoms with Crippen molar-refractivity contribution in [2.75, 3.05) is 6.61 Å². The summed E-state index contributed by atoms with van der Waals surface area (Å²) >= 11 is 7.33. The average molecular weight is 510 g/mol. The van der Waals surface area contributed by atoms with Gasteiger partial charge in [-0.15, -0.1) is 10.2 Å². The van der Waals surface area contributed by atoms with E-state index in [0.29, 0.717) is 33.2 Å². The molecule has 0 aliphatic carbocycles. The molecule has 4 rings (SSSR count). The van der Waals surface area contributed by atoms with Gasteiger partial charge in [-0.25, -0.2) is 0 Å². The van der Waals surface area contributed by atoms with Crippen LogP contribution in [0.15, 0.2) is 84.0 Å². The average Bonchev–Trinajstić information content (AvgIpc) is 3.29. The minimum atomic E-state index is -0.456. The van der Waals surface area contributed by atoms with E-state index in [9.17, 15) is 14.9 Å². The first-order valence-corrected chi connectivity index (χ1v) is 11.9. The molecule has 0 radical (unpaired) electrons. The zero-order chi connectivity index (χ0) is 24.6. The highest BCUT2D eigenvalue weighted by Crippen LogP contribution is 2.26. The maximum atomic E-state index is 12.3. The van der Waals surface area contributed by atoms with Crippen LogP contribution < -0.4 is 10.1 Å². The summed E-state index contributed by atoms with van der Waals surface area (Å²) in [5, 5.41) is 23.6. The number of halogens is 1. The van der Waals surface area contributed by atoms with Gasteiger partial charge in [-0.3, -0.25) is 19.5 Å². The van der Waals surface area contributed by atoms with Crippen molar-refractivity contribution in [1.29, 1.82) is 0 Å².